The third-order valence-electron chi connectivity index (χ3n) is 3.20. The molecule has 18 heavy (non-hydrogen) atoms. The van der Waals surface area contributed by atoms with Crippen LogP contribution in [0.25, 0.3) is 0 Å². The van der Waals surface area contributed by atoms with Gasteiger partial charge in [-0.25, -0.2) is 0 Å². The van der Waals surface area contributed by atoms with Crippen molar-refractivity contribution in [3.05, 3.63) is 0 Å². The van der Waals surface area contributed by atoms with Gasteiger partial charge in [0.25, 0.3) is 0 Å². The highest BCUT2D eigenvalue weighted by Crippen LogP contribution is 2.07. The molecule has 0 unspecified atom stereocenters. The summed E-state index contributed by atoms with van der Waals surface area (Å²) in [5, 5.41) is 0. The molecule has 106 valence electrons. The van der Waals surface area contributed by atoms with E-state index in [1.807, 2.05) is 18.7 Å². The van der Waals surface area contributed by atoms with Gasteiger partial charge in [0.1, 0.15) is 0 Å². The summed E-state index contributed by atoms with van der Waals surface area (Å²) in [7, 11) is 0. The second-order valence-electron chi connectivity index (χ2n) is 4.48. The van der Waals surface area contributed by atoms with Crippen molar-refractivity contribution < 1.29 is 14.3 Å². The summed E-state index contributed by atoms with van der Waals surface area (Å²) in [4.78, 5) is 15.5. The average molecular weight is 258 g/mol. The van der Waals surface area contributed by atoms with Gasteiger partial charge >= 0.3 is 0 Å². The first-order valence-electron chi connectivity index (χ1n) is 6.88. The number of nitrogens with zero attached hydrogens (tertiary/aromatic N) is 2. The molecule has 0 aliphatic carbocycles. The molecule has 0 spiro atoms. The van der Waals surface area contributed by atoms with Crippen molar-refractivity contribution in [3.63, 3.8) is 0 Å². The molecule has 1 rings (SSSR count). The Hall–Kier alpha value is -0.650. The van der Waals surface area contributed by atoms with Crippen molar-refractivity contribution in [2.75, 3.05) is 45.9 Å². The van der Waals surface area contributed by atoms with Crippen LogP contribution in [0.3, 0.4) is 0 Å². The normalized spacial score (nSPS) is 17.4. The van der Waals surface area contributed by atoms with E-state index in [1.54, 1.807) is 6.92 Å². The van der Waals surface area contributed by atoms with Crippen LogP contribution >= 0.6 is 0 Å². The molecular formula is C13H26N2O3. The molecule has 1 aliphatic rings. The van der Waals surface area contributed by atoms with E-state index >= 15 is 0 Å². The van der Waals surface area contributed by atoms with Crippen LogP contribution in [0, 0.1) is 0 Å². The first-order chi connectivity index (χ1) is 8.67. The summed E-state index contributed by atoms with van der Waals surface area (Å²) in [6, 6.07) is 0. The molecule has 1 aliphatic heterocycles. The van der Waals surface area contributed by atoms with Crippen LogP contribution in [0.1, 0.15) is 27.2 Å². The van der Waals surface area contributed by atoms with Crippen LogP contribution in [0.15, 0.2) is 0 Å². The fourth-order valence-electron chi connectivity index (χ4n) is 2.16. The summed E-state index contributed by atoms with van der Waals surface area (Å²) in [5.74, 6) is 0.177. The molecule has 1 fully saturated rings. The van der Waals surface area contributed by atoms with Crippen molar-refractivity contribution in [3.8, 4) is 0 Å². The van der Waals surface area contributed by atoms with Gasteiger partial charge in [-0.15, -0.1) is 0 Å². The maximum Gasteiger partial charge on any atom is 0.219 e. The summed E-state index contributed by atoms with van der Waals surface area (Å²) in [6.45, 7) is 11.5. The minimum Gasteiger partial charge on any atom is -0.353 e. The van der Waals surface area contributed by atoms with E-state index in [0.717, 1.165) is 39.1 Å². The molecule has 0 aromatic heterocycles. The van der Waals surface area contributed by atoms with Crippen LogP contribution in [0.5, 0.6) is 0 Å². The highest BCUT2D eigenvalue weighted by Gasteiger charge is 2.19. The Morgan fingerprint density at radius 1 is 1.11 bits per heavy atom. The quantitative estimate of drug-likeness (QED) is 0.637. The molecule has 0 atom stereocenters. The van der Waals surface area contributed by atoms with Crippen LogP contribution in [-0.4, -0.2) is 67.9 Å². The number of hydrogen-bond acceptors (Lipinski definition) is 4. The second kappa shape index (κ2) is 8.45. The van der Waals surface area contributed by atoms with Crippen LogP contribution < -0.4 is 0 Å². The number of piperazine rings is 1. The molecular weight excluding hydrogens is 232 g/mol. The first-order valence-corrected chi connectivity index (χ1v) is 6.88. The standard InChI is InChI=1S/C13H26N2O3/c1-4-17-13(18-5-2)6-7-14-8-10-15(11-9-14)12(3)16/h13H,4-11H2,1-3H3. The lowest BCUT2D eigenvalue weighted by Gasteiger charge is -2.34. The Morgan fingerprint density at radius 3 is 2.11 bits per heavy atom. The van der Waals surface area contributed by atoms with Crippen LogP contribution in [0.4, 0.5) is 0 Å². The van der Waals surface area contributed by atoms with Gasteiger partial charge in [0.05, 0.1) is 0 Å². The zero-order valence-electron chi connectivity index (χ0n) is 11.9. The molecule has 0 radical (unpaired) electrons. The lowest BCUT2D eigenvalue weighted by Crippen LogP contribution is -2.48. The fourth-order valence-corrected chi connectivity index (χ4v) is 2.16. The van der Waals surface area contributed by atoms with Gasteiger partial charge in [0.2, 0.25) is 5.91 Å². The van der Waals surface area contributed by atoms with E-state index in [9.17, 15) is 4.79 Å². The monoisotopic (exact) mass is 258 g/mol. The van der Waals surface area contributed by atoms with Crippen molar-refractivity contribution in [1.82, 2.24) is 9.80 Å². The second-order valence-corrected chi connectivity index (χ2v) is 4.48. The molecule has 5 nitrogen and oxygen atoms in total. The van der Waals surface area contributed by atoms with Crippen LogP contribution in [-0.2, 0) is 14.3 Å². The van der Waals surface area contributed by atoms with Crippen molar-refractivity contribution in [2.24, 2.45) is 0 Å². The van der Waals surface area contributed by atoms with E-state index < -0.39 is 0 Å². The number of ether oxygens (including phenoxy) is 2. The largest absolute Gasteiger partial charge is 0.353 e. The smallest absolute Gasteiger partial charge is 0.219 e. The maximum atomic E-state index is 11.2. The number of amides is 1. The molecule has 0 aromatic carbocycles. The Kier molecular flexibility index (Phi) is 7.23. The lowest BCUT2D eigenvalue weighted by atomic mass is 10.3. The lowest BCUT2D eigenvalue weighted by molar-refractivity contribution is -0.143. The Morgan fingerprint density at radius 2 is 1.67 bits per heavy atom. The highest BCUT2D eigenvalue weighted by molar-refractivity contribution is 5.73. The first kappa shape index (κ1) is 15.4. The van der Waals surface area contributed by atoms with E-state index in [0.29, 0.717) is 13.2 Å². The number of carbonyl (C=O) groups excluding carboxylic acids is 1. The Bertz CT molecular complexity index is 234. The maximum absolute atomic E-state index is 11.2. The van der Waals surface area contributed by atoms with E-state index in [1.165, 1.54) is 0 Å². The molecule has 1 saturated heterocycles. The molecule has 5 heteroatoms. The predicted octanol–water partition coefficient (Wildman–Crippen LogP) is 0.940. The molecule has 0 aromatic rings. The Balaban J connectivity index is 2.21. The zero-order valence-corrected chi connectivity index (χ0v) is 11.9. The minimum atomic E-state index is -0.0918. The van der Waals surface area contributed by atoms with E-state index in [2.05, 4.69) is 4.90 Å². The summed E-state index contributed by atoms with van der Waals surface area (Å²) < 4.78 is 11.0. The molecule has 0 saturated carbocycles. The van der Waals surface area contributed by atoms with Crippen molar-refractivity contribution in [1.29, 1.82) is 0 Å². The highest BCUT2D eigenvalue weighted by atomic mass is 16.7. The number of carbonyl (C=O) groups is 1. The zero-order chi connectivity index (χ0) is 13.4. The van der Waals surface area contributed by atoms with Gasteiger partial charge in [0, 0.05) is 59.3 Å². The van der Waals surface area contributed by atoms with E-state index in [-0.39, 0.29) is 12.2 Å². The van der Waals surface area contributed by atoms with Gasteiger partial charge in [-0.2, -0.15) is 0 Å². The van der Waals surface area contributed by atoms with Gasteiger partial charge < -0.3 is 14.4 Å². The summed E-state index contributed by atoms with van der Waals surface area (Å²) >= 11 is 0. The topological polar surface area (TPSA) is 42.0 Å². The number of rotatable bonds is 7. The predicted molar refractivity (Wildman–Crippen MR) is 70.4 cm³/mol. The third kappa shape index (κ3) is 5.33. The average Bonchev–Trinajstić information content (AvgIpc) is 2.37. The van der Waals surface area contributed by atoms with Gasteiger partial charge in [0.15, 0.2) is 6.29 Å². The minimum absolute atomic E-state index is 0.0918. The molecule has 1 heterocycles. The van der Waals surface area contributed by atoms with Gasteiger partial charge in [-0.1, -0.05) is 0 Å². The van der Waals surface area contributed by atoms with Gasteiger partial charge in [-0.05, 0) is 13.8 Å². The van der Waals surface area contributed by atoms with Crippen LogP contribution in [0.2, 0.25) is 0 Å². The van der Waals surface area contributed by atoms with Crippen molar-refractivity contribution in [2.45, 2.75) is 33.5 Å². The summed E-state index contributed by atoms with van der Waals surface area (Å²) in [6.07, 6.45) is 0.799. The molecule has 0 N–H and O–H groups in total. The molecule has 1 amide bonds. The SMILES string of the molecule is CCOC(CCN1CCN(C(C)=O)CC1)OCC. The molecule has 0 bridgehead atoms. The van der Waals surface area contributed by atoms with Gasteiger partial charge in [-0.3, -0.25) is 9.69 Å². The third-order valence-corrected chi connectivity index (χ3v) is 3.20. The van der Waals surface area contributed by atoms with Crippen molar-refractivity contribution >= 4 is 5.91 Å². The number of hydrogen-bond donors (Lipinski definition) is 0. The Labute approximate surface area is 110 Å². The van der Waals surface area contributed by atoms with E-state index in [4.69, 9.17) is 9.47 Å². The summed E-state index contributed by atoms with van der Waals surface area (Å²) in [5.41, 5.74) is 0. The fraction of sp³-hybridized carbons (Fsp3) is 0.923.